The summed E-state index contributed by atoms with van der Waals surface area (Å²) in [5, 5.41) is 5.94. The third kappa shape index (κ3) is 4.93. The van der Waals surface area contributed by atoms with E-state index >= 15 is 0 Å². The number of ketones is 1. The van der Waals surface area contributed by atoms with Crippen LogP contribution in [0.2, 0.25) is 0 Å². The zero-order valence-corrected chi connectivity index (χ0v) is 20.7. The number of Topliss-reactive ketones (excluding diaryl/α,β-unsaturated/α-hetero) is 1. The van der Waals surface area contributed by atoms with Crippen molar-refractivity contribution >= 4 is 38.6 Å². The summed E-state index contributed by atoms with van der Waals surface area (Å²) in [6.45, 7) is 9.35. The smallest absolute Gasteiger partial charge is 0.238 e. The summed E-state index contributed by atoms with van der Waals surface area (Å²) in [6.07, 6.45) is 0.877. The Balaban J connectivity index is 1.88. The molecule has 0 bridgehead atoms. The minimum Gasteiger partial charge on any atom is -0.383 e. The molecular weight excluding hydrogens is 448 g/mol. The number of primary sulfonamides is 1. The van der Waals surface area contributed by atoms with E-state index in [4.69, 9.17) is 9.88 Å². The first kappa shape index (κ1) is 24.5. The summed E-state index contributed by atoms with van der Waals surface area (Å²) < 4.78 is 32.8. The predicted molar refractivity (Wildman–Crippen MR) is 127 cm³/mol. The number of nitrogens with zero attached hydrogens (tertiary/aromatic N) is 3. The van der Waals surface area contributed by atoms with Gasteiger partial charge in [-0.05, 0) is 51.5 Å². The van der Waals surface area contributed by atoms with Gasteiger partial charge in [0.1, 0.15) is 0 Å². The van der Waals surface area contributed by atoms with Crippen molar-refractivity contribution in [1.82, 2.24) is 14.1 Å². The molecule has 0 spiro atoms. The minimum atomic E-state index is -3.81. The van der Waals surface area contributed by atoms with Crippen LogP contribution in [-0.2, 0) is 21.3 Å². The number of fused-ring (bicyclic) bond motifs is 1. The molecule has 174 valence electrons. The first-order chi connectivity index (χ1) is 15.1. The molecule has 1 unspecified atom stereocenters. The van der Waals surface area contributed by atoms with Crippen molar-refractivity contribution in [3.63, 3.8) is 0 Å². The lowest BCUT2D eigenvalue weighted by atomic mass is 10.2. The molecule has 2 aromatic heterocycles. The summed E-state index contributed by atoms with van der Waals surface area (Å²) in [6, 6.07) is 6.75. The van der Waals surface area contributed by atoms with Crippen LogP contribution in [-0.4, -0.2) is 47.8 Å². The van der Waals surface area contributed by atoms with Crippen molar-refractivity contribution in [3.8, 4) is 0 Å². The Labute approximate surface area is 193 Å². The van der Waals surface area contributed by atoms with Crippen LogP contribution in [0.25, 0.3) is 11.0 Å². The van der Waals surface area contributed by atoms with E-state index in [1.807, 2.05) is 24.5 Å². The molecule has 8 nitrogen and oxygen atoms in total. The summed E-state index contributed by atoms with van der Waals surface area (Å²) >= 11 is 1.36. The number of benzene rings is 1. The average Bonchev–Trinajstić information content (AvgIpc) is 3.22. The standard InChI is InChI=1S/C22H30N4O4S2/c1-6-9-25-20-8-7-17(32(23,28)29)11-19(20)24-22(25)31-13-21(27)18-10-14(2)26(16(18)4)15(3)12-30-5/h7-8,10-11,15H,6,9,12-13H2,1-5H3,(H2,23,28,29). The van der Waals surface area contributed by atoms with Crippen molar-refractivity contribution < 1.29 is 17.9 Å². The van der Waals surface area contributed by atoms with Crippen molar-refractivity contribution in [3.05, 3.63) is 41.2 Å². The van der Waals surface area contributed by atoms with Crippen LogP contribution in [0.1, 0.15) is 48.1 Å². The van der Waals surface area contributed by atoms with E-state index < -0.39 is 10.0 Å². The van der Waals surface area contributed by atoms with Crippen LogP contribution in [0.15, 0.2) is 34.3 Å². The van der Waals surface area contributed by atoms with Gasteiger partial charge in [0.05, 0.1) is 34.3 Å². The highest BCUT2D eigenvalue weighted by atomic mass is 32.2. The Morgan fingerprint density at radius 1 is 1.28 bits per heavy atom. The number of rotatable bonds is 10. The second-order valence-electron chi connectivity index (χ2n) is 7.91. The van der Waals surface area contributed by atoms with Crippen molar-refractivity contribution in [2.24, 2.45) is 5.14 Å². The number of aromatic nitrogens is 3. The fraction of sp³-hybridized carbons (Fsp3) is 0.455. The molecule has 2 N–H and O–H groups in total. The van der Waals surface area contributed by atoms with Crippen LogP contribution in [0.3, 0.4) is 0 Å². The zero-order chi connectivity index (χ0) is 23.6. The monoisotopic (exact) mass is 478 g/mol. The molecule has 0 aliphatic heterocycles. The average molecular weight is 479 g/mol. The number of aryl methyl sites for hydroxylation is 2. The summed E-state index contributed by atoms with van der Waals surface area (Å²) in [5.41, 5.74) is 4.02. The molecule has 0 radical (unpaired) electrons. The number of hydrogen-bond donors (Lipinski definition) is 1. The van der Waals surface area contributed by atoms with Gasteiger partial charge in [0.15, 0.2) is 10.9 Å². The maximum Gasteiger partial charge on any atom is 0.238 e. The van der Waals surface area contributed by atoms with Gasteiger partial charge in [-0.15, -0.1) is 0 Å². The first-order valence-electron chi connectivity index (χ1n) is 10.4. The molecule has 32 heavy (non-hydrogen) atoms. The molecule has 3 aromatic rings. The zero-order valence-electron chi connectivity index (χ0n) is 19.1. The van der Waals surface area contributed by atoms with Crippen molar-refractivity contribution in [2.45, 2.75) is 56.8 Å². The number of carbonyl (C=O) groups is 1. The van der Waals surface area contributed by atoms with Gasteiger partial charge in [-0.25, -0.2) is 18.5 Å². The van der Waals surface area contributed by atoms with Crippen LogP contribution in [0.4, 0.5) is 0 Å². The molecule has 0 fully saturated rings. The van der Waals surface area contributed by atoms with Crippen molar-refractivity contribution in [2.75, 3.05) is 19.5 Å². The highest BCUT2D eigenvalue weighted by Gasteiger charge is 2.21. The van der Waals surface area contributed by atoms with E-state index in [0.717, 1.165) is 23.3 Å². The highest BCUT2D eigenvalue weighted by molar-refractivity contribution is 7.99. The van der Waals surface area contributed by atoms with Gasteiger partial charge in [-0.1, -0.05) is 18.7 Å². The van der Waals surface area contributed by atoms with Crippen LogP contribution in [0.5, 0.6) is 0 Å². The van der Waals surface area contributed by atoms with Crippen molar-refractivity contribution in [1.29, 1.82) is 0 Å². The highest BCUT2D eigenvalue weighted by Crippen LogP contribution is 2.28. The van der Waals surface area contributed by atoms with E-state index in [2.05, 4.69) is 23.4 Å². The molecule has 1 aromatic carbocycles. The van der Waals surface area contributed by atoms with E-state index in [9.17, 15) is 13.2 Å². The maximum absolute atomic E-state index is 13.1. The fourth-order valence-corrected chi connectivity index (χ4v) is 5.53. The lowest BCUT2D eigenvalue weighted by Crippen LogP contribution is -2.14. The van der Waals surface area contributed by atoms with Gasteiger partial charge >= 0.3 is 0 Å². The molecule has 0 aliphatic rings. The number of imidazole rings is 1. The van der Waals surface area contributed by atoms with Crippen LogP contribution in [0, 0.1) is 13.8 Å². The first-order valence-corrected chi connectivity index (χ1v) is 13.0. The van der Waals surface area contributed by atoms with Crippen LogP contribution < -0.4 is 5.14 Å². The van der Waals surface area contributed by atoms with Gasteiger partial charge in [0, 0.05) is 30.6 Å². The summed E-state index contributed by atoms with van der Waals surface area (Å²) in [5.74, 6) is 0.261. The second-order valence-corrected chi connectivity index (χ2v) is 10.4. The quantitative estimate of drug-likeness (QED) is 0.352. The van der Waals surface area contributed by atoms with Gasteiger partial charge in [-0.2, -0.15) is 0 Å². The minimum absolute atomic E-state index is 0.0244. The molecular formula is C22H30N4O4S2. The molecule has 0 aliphatic carbocycles. The van der Waals surface area contributed by atoms with E-state index in [1.54, 1.807) is 13.2 Å². The molecule has 3 rings (SSSR count). The molecule has 2 heterocycles. The topological polar surface area (TPSA) is 109 Å². The number of nitrogens with two attached hydrogens (primary N) is 1. The maximum atomic E-state index is 13.1. The van der Waals surface area contributed by atoms with Gasteiger partial charge in [-0.3, -0.25) is 4.79 Å². The largest absolute Gasteiger partial charge is 0.383 e. The molecule has 0 saturated carbocycles. The number of carbonyl (C=O) groups excluding carboxylic acids is 1. The SMILES string of the molecule is CCCn1c(SCC(=O)c2cc(C)n(C(C)COC)c2C)nc2cc(S(N)(=O)=O)ccc21. The van der Waals surface area contributed by atoms with Gasteiger partial charge < -0.3 is 13.9 Å². The summed E-state index contributed by atoms with van der Waals surface area (Å²) in [4.78, 5) is 17.7. The number of methoxy groups -OCH3 is 1. The number of ether oxygens (including phenoxy) is 1. The van der Waals surface area contributed by atoms with E-state index in [0.29, 0.717) is 29.4 Å². The predicted octanol–water partition coefficient (Wildman–Crippen LogP) is 3.69. The molecule has 0 saturated heterocycles. The number of thioether (sulfide) groups is 1. The Morgan fingerprint density at radius 3 is 2.62 bits per heavy atom. The number of sulfonamides is 1. The van der Waals surface area contributed by atoms with E-state index in [-0.39, 0.29) is 22.5 Å². The third-order valence-corrected chi connectivity index (χ3v) is 7.31. The Morgan fingerprint density at radius 2 is 2.00 bits per heavy atom. The van der Waals surface area contributed by atoms with Gasteiger partial charge in [0.25, 0.3) is 0 Å². The van der Waals surface area contributed by atoms with Crippen LogP contribution >= 0.6 is 11.8 Å². The number of hydrogen-bond acceptors (Lipinski definition) is 6. The Kier molecular flexibility index (Phi) is 7.49. The molecule has 1 atom stereocenters. The molecule has 0 amide bonds. The van der Waals surface area contributed by atoms with E-state index in [1.165, 1.54) is 23.9 Å². The second kappa shape index (κ2) is 9.78. The van der Waals surface area contributed by atoms with Gasteiger partial charge in [0.2, 0.25) is 10.0 Å². The lowest BCUT2D eigenvalue weighted by Gasteiger charge is -2.17. The normalized spacial score (nSPS) is 13.1. The fourth-order valence-electron chi connectivity index (χ4n) is 4.08. The Bertz CT molecular complexity index is 1240. The Hall–Kier alpha value is -2.14. The molecule has 10 heteroatoms. The lowest BCUT2D eigenvalue weighted by molar-refractivity contribution is 0.102. The third-order valence-electron chi connectivity index (χ3n) is 5.43. The summed E-state index contributed by atoms with van der Waals surface area (Å²) in [7, 11) is -2.14.